The lowest BCUT2D eigenvalue weighted by Gasteiger charge is -1.97. The number of rotatable bonds is 2. The first-order valence-electron chi connectivity index (χ1n) is 5.52. The Balaban J connectivity index is 0.000000165. The number of hydrogen-bond donors (Lipinski definition) is 2. The maximum atomic E-state index is 5.38. The van der Waals surface area contributed by atoms with Crippen LogP contribution >= 0.6 is 0 Å². The van der Waals surface area contributed by atoms with Crippen LogP contribution in [0.15, 0.2) is 30.9 Å². The number of anilines is 1. The molecule has 1 saturated heterocycles. The Morgan fingerprint density at radius 3 is 2.81 bits per heavy atom. The van der Waals surface area contributed by atoms with Crippen molar-refractivity contribution in [2.45, 2.75) is 18.9 Å². The van der Waals surface area contributed by atoms with E-state index in [4.69, 9.17) is 7.85 Å². The van der Waals surface area contributed by atoms with Gasteiger partial charge in [-0.3, -0.25) is 0 Å². The van der Waals surface area contributed by atoms with Gasteiger partial charge >= 0.3 is 0 Å². The number of aromatic nitrogens is 1. The molecule has 1 aliphatic heterocycles. The first-order valence-corrected chi connectivity index (χ1v) is 5.52. The van der Waals surface area contributed by atoms with Crippen molar-refractivity contribution in [2.24, 2.45) is 0 Å². The predicted octanol–water partition coefficient (Wildman–Crippen LogP) is 0.841. The van der Waals surface area contributed by atoms with Crippen molar-refractivity contribution >= 4 is 19.3 Å². The summed E-state index contributed by atoms with van der Waals surface area (Å²) in [6.07, 6.45) is 4.58. The fraction of sp³-hybridized carbons (Fsp3) is 0.417. The van der Waals surface area contributed by atoms with Gasteiger partial charge in [0.1, 0.15) is 13.7 Å². The third kappa shape index (κ3) is 4.49. The Bertz CT molecular complexity index is 322. The third-order valence-corrected chi connectivity index (χ3v) is 2.41. The quantitative estimate of drug-likeness (QED) is 0.567. The minimum absolute atomic E-state index is 0.543. The highest BCUT2D eigenvalue weighted by Gasteiger charge is 2.07. The lowest BCUT2D eigenvalue weighted by molar-refractivity contribution is 0.729. The van der Waals surface area contributed by atoms with Gasteiger partial charge in [-0.2, -0.15) is 0 Å². The summed E-state index contributed by atoms with van der Waals surface area (Å²) < 4.78 is 0. The molecule has 4 heteroatoms. The molecule has 0 aliphatic carbocycles. The highest BCUT2D eigenvalue weighted by Crippen LogP contribution is 2.03. The summed E-state index contributed by atoms with van der Waals surface area (Å²) in [5.41, 5.74) is 0.543. The monoisotopic (exact) mass is 215 g/mol. The van der Waals surface area contributed by atoms with Gasteiger partial charge in [0.25, 0.3) is 0 Å². The van der Waals surface area contributed by atoms with Gasteiger partial charge in [-0.05, 0) is 31.0 Å². The molecule has 0 spiro atoms. The van der Waals surface area contributed by atoms with Crippen LogP contribution in [0.4, 0.5) is 5.82 Å². The Labute approximate surface area is 98.8 Å². The van der Waals surface area contributed by atoms with Gasteiger partial charge in [0.2, 0.25) is 0 Å². The molecule has 2 heterocycles. The van der Waals surface area contributed by atoms with Gasteiger partial charge in [0.05, 0.1) is 0 Å². The van der Waals surface area contributed by atoms with Gasteiger partial charge in [0, 0.05) is 13.1 Å². The van der Waals surface area contributed by atoms with Crippen molar-refractivity contribution in [2.75, 3.05) is 18.9 Å². The molecule has 2 N–H and O–H groups in total. The summed E-state index contributed by atoms with van der Waals surface area (Å²) in [7, 11) is 7.19. The minimum atomic E-state index is 0.543. The molecule has 1 fully saturated rings. The summed E-state index contributed by atoms with van der Waals surface area (Å²) in [4.78, 5) is 3.96. The molecule has 1 aromatic heterocycles. The fourth-order valence-electron chi connectivity index (χ4n) is 1.50. The summed E-state index contributed by atoms with van der Waals surface area (Å²) >= 11 is 0. The highest BCUT2D eigenvalue weighted by molar-refractivity contribution is 6.30. The van der Waals surface area contributed by atoms with E-state index in [0.717, 1.165) is 5.82 Å². The van der Waals surface area contributed by atoms with E-state index in [1.54, 1.807) is 6.07 Å². The second kappa shape index (κ2) is 7.07. The Kier molecular flexibility index (Phi) is 5.64. The second-order valence-corrected chi connectivity index (χ2v) is 3.64. The molecular weight excluding hydrogens is 197 g/mol. The van der Waals surface area contributed by atoms with E-state index < -0.39 is 0 Å². The maximum Gasteiger partial charge on any atom is 0.141 e. The van der Waals surface area contributed by atoms with Gasteiger partial charge in [0.15, 0.2) is 0 Å². The number of hydrogen-bond acceptors (Lipinski definition) is 3. The van der Waals surface area contributed by atoms with Gasteiger partial charge in [-0.1, -0.05) is 18.2 Å². The van der Waals surface area contributed by atoms with E-state index in [1.807, 2.05) is 25.3 Å². The minimum Gasteiger partial charge on any atom is -0.373 e. The number of pyridine rings is 1. The van der Waals surface area contributed by atoms with Crippen molar-refractivity contribution < 1.29 is 0 Å². The van der Waals surface area contributed by atoms with Crippen LogP contribution < -0.4 is 16.2 Å². The van der Waals surface area contributed by atoms with Crippen LogP contribution in [-0.4, -0.2) is 32.5 Å². The average Bonchev–Trinajstić information content (AvgIpc) is 2.82. The van der Waals surface area contributed by atoms with Crippen LogP contribution in [-0.2, 0) is 0 Å². The Hall–Kier alpha value is -1.29. The SMILES string of the molecule is C=CC1CCCN1.[B]c1cccc(NC)n1. The Morgan fingerprint density at radius 2 is 2.44 bits per heavy atom. The predicted molar refractivity (Wildman–Crippen MR) is 70.4 cm³/mol. The molecule has 0 aromatic carbocycles. The van der Waals surface area contributed by atoms with E-state index in [-0.39, 0.29) is 0 Å². The first kappa shape index (κ1) is 12.8. The largest absolute Gasteiger partial charge is 0.373 e. The first-order chi connectivity index (χ1) is 7.76. The van der Waals surface area contributed by atoms with E-state index in [1.165, 1.54) is 19.4 Å². The molecule has 3 nitrogen and oxygen atoms in total. The lowest BCUT2D eigenvalue weighted by Crippen LogP contribution is -2.17. The van der Waals surface area contributed by atoms with Gasteiger partial charge < -0.3 is 10.6 Å². The zero-order valence-electron chi connectivity index (χ0n) is 9.74. The summed E-state index contributed by atoms with van der Waals surface area (Å²) in [6, 6.07) is 6.07. The molecule has 1 aromatic rings. The fourth-order valence-corrected chi connectivity index (χ4v) is 1.50. The topological polar surface area (TPSA) is 37.0 Å². The zero-order valence-corrected chi connectivity index (χ0v) is 9.74. The molecule has 0 saturated carbocycles. The maximum absolute atomic E-state index is 5.38. The molecule has 16 heavy (non-hydrogen) atoms. The van der Waals surface area contributed by atoms with E-state index in [2.05, 4.69) is 22.2 Å². The van der Waals surface area contributed by atoms with Crippen LogP contribution in [0.1, 0.15) is 12.8 Å². The number of nitrogens with zero attached hydrogens (tertiary/aromatic N) is 1. The van der Waals surface area contributed by atoms with Crippen LogP contribution in [0.25, 0.3) is 0 Å². The summed E-state index contributed by atoms with van der Waals surface area (Å²) in [6.45, 7) is 4.86. The second-order valence-electron chi connectivity index (χ2n) is 3.64. The zero-order chi connectivity index (χ0) is 11.8. The molecule has 0 bridgehead atoms. The van der Waals surface area contributed by atoms with Gasteiger partial charge in [-0.15, -0.1) is 6.58 Å². The third-order valence-electron chi connectivity index (χ3n) is 2.41. The average molecular weight is 215 g/mol. The molecule has 2 radical (unpaired) electrons. The van der Waals surface area contributed by atoms with Crippen LogP contribution in [0.2, 0.25) is 0 Å². The van der Waals surface area contributed by atoms with Crippen LogP contribution in [0, 0.1) is 0 Å². The van der Waals surface area contributed by atoms with E-state index in [9.17, 15) is 0 Å². The standard InChI is InChI=1S/C6H7BN2.C6H11N/c1-8-6-4-2-3-5(7)9-6;1-2-6-4-3-5-7-6/h2-4H,1H3,(H,8,9);2,6-7H,1,3-5H2. The van der Waals surface area contributed by atoms with Crippen molar-refractivity contribution in [3.63, 3.8) is 0 Å². The highest BCUT2D eigenvalue weighted by atomic mass is 14.9. The lowest BCUT2D eigenvalue weighted by atomic mass is 10.0. The number of nitrogens with one attached hydrogen (secondary N) is 2. The summed E-state index contributed by atoms with van der Waals surface area (Å²) in [5, 5.41) is 6.16. The molecule has 84 valence electrons. The van der Waals surface area contributed by atoms with Crippen molar-refractivity contribution in [1.82, 2.24) is 10.3 Å². The van der Waals surface area contributed by atoms with Crippen molar-refractivity contribution in [1.29, 1.82) is 0 Å². The Morgan fingerprint density at radius 1 is 1.62 bits per heavy atom. The van der Waals surface area contributed by atoms with E-state index in [0.29, 0.717) is 11.6 Å². The summed E-state index contributed by atoms with van der Waals surface area (Å²) in [5.74, 6) is 0.801. The molecule has 0 amide bonds. The molecular formula is C12H18BN3. The van der Waals surface area contributed by atoms with Crippen LogP contribution in [0.3, 0.4) is 0 Å². The van der Waals surface area contributed by atoms with Crippen LogP contribution in [0.5, 0.6) is 0 Å². The van der Waals surface area contributed by atoms with E-state index >= 15 is 0 Å². The van der Waals surface area contributed by atoms with Crippen molar-refractivity contribution in [3.8, 4) is 0 Å². The molecule has 1 aliphatic rings. The molecule has 2 rings (SSSR count). The normalized spacial score (nSPS) is 18.4. The smallest absolute Gasteiger partial charge is 0.141 e. The molecule has 1 atom stereocenters. The molecule has 1 unspecified atom stereocenters. The van der Waals surface area contributed by atoms with Gasteiger partial charge in [-0.25, -0.2) is 4.98 Å². The van der Waals surface area contributed by atoms with Crippen molar-refractivity contribution in [3.05, 3.63) is 30.9 Å².